The van der Waals surface area contributed by atoms with Crippen LogP contribution in [0.1, 0.15) is 38.1 Å². The van der Waals surface area contributed by atoms with Crippen molar-refractivity contribution in [2.75, 3.05) is 46.4 Å². The number of rotatable bonds is 10. The Morgan fingerprint density at radius 3 is 2.72 bits per heavy atom. The molecule has 2 heterocycles. The summed E-state index contributed by atoms with van der Waals surface area (Å²) in [5.74, 6) is 1.95. The van der Waals surface area contributed by atoms with Crippen LogP contribution in [0.3, 0.4) is 0 Å². The van der Waals surface area contributed by atoms with Crippen molar-refractivity contribution in [3.8, 4) is 5.75 Å². The maximum atomic E-state index is 14.0. The highest BCUT2D eigenvalue weighted by Gasteiger charge is 2.20. The molecule has 1 aliphatic heterocycles. The molecule has 1 aromatic heterocycles. The zero-order valence-electron chi connectivity index (χ0n) is 19.6. The molecule has 1 N–H and O–H groups in total. The third-order valence-corrected chi connectivity index (χ3v) is 5.72. The molecular weight excluding hydrogens is 409 g/mol. The van der Waals surface area contributed by atoms with E-state index in [2.05, 4.69) is 43.7 Å². The Hall–Kier alpha value is -2.68. The van der Waals surface area contributed by atoms with E-state index in [-0.39, 0.29) is 11.6 Å². The van der Waals surface area contributed by atoms with Crippen molar-refractivity contribution in [1.82, 2.24) is 29.9 Å². The van der Waals surface area contributed by atoms with Gasteiger partial charge in [-0.1, -0.05) is 26.3 Å². The smallest absolute Gasteiger partial charge is 0.194 e. The number of halogens is 1. The molecule has 0 unspecified atom stereocenters. The number of hydrogen-bond acceptors (Lipinski definition) is 5. The fraction of sp³-hybridized carbons (Fsp3) is 0.609. The second-order valence-corrected chi connectivity index (χ2v) is 8.01. The van der Waals surface area contributed by atoms with E-state index in [1.54, 1.807) is 18.5 Å². The number of ether oxygens (including phenoxy) is 1. The van der Waals surface area contributed by atoms with Crippen LogP contribution < -0.4 is 10.1 Å². The molecule has 0 radical (unpaired) electrons. The Kier molecular flexibility index (Phi) is 9.27. The Morgan fingerprint density at radius 1 is 1.22 bits per heavy atom. The molecule has 0 amide bonds. The van der Waals surface area contributed by atoms with Gasteiger partial charge in [0.05, 0.1) is 7.11 Å². The second kappa shape index (κ2) is 12.4. The lowest BCUT2D eigenvalue weighted by Gasteiger charge is -2.36. The highest BCUT2D eigenvalue weighted by Crippen LogP contribution is 2.19. The van der Waals surface area contributed by atoms with Crippen molar-refractivity contribution in [3.05, 3.63) is 41.7 Å². The van der Waals surface area contributed by atoms with Crippen LogP contribution >= 0.6 is 0 Å². The molecule has 1 saturated heterocycles. The number of guanidine groups is 1. The molecule has 8 nitrogen and oxygen atoms in total. The van der Waals surface area contributed by atoms with Gasteiger partial charge in [-0.05, 0) is 24.1 Å². The Bertz CT molecular complexity index is 862. The second-order valence-electron chi connectivity index (χ2n) is 8.01. The summed E-state index contributed by atoms with van der Waals surface area (Å²) in [6.45, 7) is 11.0. The van der Waals surface area contributed by atoms with Gasteiger partial charge in [-0.3, -0.25) is 9.89 Å². The zero-order valence-corrected chi connectivity index (χ0v) is 19.6. The van der Waals surface area contributed by atoms with E-state index in [4.69, 9.17) is 9.73 Å². The van der Waals surface area contributed by atoms with Crippen molar-refractivity contribution >= 4 is 5.96 Å². The van der Waals surface area contributed by atoms with Crippen LogP contribution in [-0.2, 0) is 19.5 Å². The fourth-order valence-corrected chi connectivity index (χ4v) is 3.82. The molecule has 2 aromatic rings. The number of piperazine rings is 1. The molecule has 1 aliphatic rings. The number of unbranched alkanes of at least 4 members (excludes halogenated alkanes) is 1. The molecule has 176 valence electrons. The molecule has 0 spiro atoms. The van der Waals surface area contributed by atoms with E-state index >= 15 is 0 Å². The number of hydrogen-bond donors (Lipinski definition) is 1. The lowest BCUT2D eigenvalue weighted by Crippen LogP contribution is -2.52. The van der Waals surface area contributed by atoms with E-state index in [1.807, 2.05) is 6.07 Å². The van der Waals surface area contributed by atoms with Crippen LogP contribution in [0.15, 0.2) is 29.5 Å². The number of benzene rings is 1. The van der Waals surface area contributed by atoms with E-state index in [1.165, 1.54) is 7.11 Å². The molecule has 32 heavy (non-hydrogen) atoms. The molecule has 0 saturated carbocycles. The lowest BCUT2D eigenvalue weighted by molar-refractivity contribution is 0.172. The van der Waals surface area contributed by atoms with E-state index < -0.39 is 0 Å². The van der Waals surface area contributed by atoms with Crippen LogP contribution in [0.25, 0.3) is 0 Å². The summed E-state index contributed by atoms with van der Waals surface area (Å²) in [6.07, 6.45) is 4.87. The monoisotopic (exact) mass is 445 g/mol. The molecule has 9 heteroatoms. The third-order valence-electron chi connectivity index (χ3n) is 5.72. The average Bonchev–Trinajstić information content (AvgIpc) is 3.26. The maximum absolute atomic E-state index is 14.0. The number of nitrogens with zero attached hydrogens (tertiary/aromatic N) is 6. The number of aliphatic imine (C=N–C) groups is 1. The first-order chi connectivity index (χ1) is 15.6. The first-order valence-corrected chi connectivity index (χ1v) is 11.6. The first kappa shape index (κ1) is 24.0. The number of nitrogens with one attached hydrogen (secondary N) is 1. The van der Waals surface area contributed by atoms with Gasteiger partial charge in [-0.15, -0.1) is 10.2 Å². The lowest BCUT2D eigenvalue weighted by atomic mass is 10.2. The molecule has 1 aromatic carbocycles. The predicted molar refractivity (Wildman–Crippen MR) is 124 cm³/mol. The van der Waals surface area contributed by atoms with Crippen molar-refractivity contribution in [3.63, 3.8) is 0 Å². The van der Waals surface area contributed by atoms with E-state index in [0.717, 1.165) is 89.0 Å². The Labute approximate surface area is 190 Å². The standard InChI is InChI=1S/C23H36FN7O/c1-4-6-9-25-23(26-10-11-31-18-27-28-22(31)5-2)30-14-12-29(13-15-30)17-19-7-8-21(32-3)20(24)16-19/h7-8,16,18H,4-6,9-15,17H2,1-3H3,(H,25,26). The van der Waals surface area contributed by atoms with Gasteiger partial charge in [0.25, 0.3) is 0 Å². The average molecular weight is 446 g/mol. The topological polar surface area (TPSA) is 70.8 Å². The summed E-state index contributed by atoms with van der Waals surface area (Å²) < 4.78 is 21.1. The third kappa shape index (κ3) is 6.66. The summed E-state index contributed by atoms with van der Waals surface area (Å²) in [7, 11) is 1.49. The summed E-state index contributed by atoms with van der Waals surface area (Å²) in [5.41, 5.74) is 0.965. The SMILES string of the molecule is CCCCN=C(NCCn1cnnc1CC)N1CCN(Cc2ccc(OC)c(F)c2)CC1. The quantitative estimate of drug-likeness (QED) is 0.344. The number of aryl methyl sites for hydroxylation is 1. The molecular formula is C23H36FN7O. The van der Waals surface area contributed by atoms with Gasteiger partial charge in [-0.2, -0.15) is 0 Å². The van der Waals surface area contributed by atoms with Crippen LogP contribution in [0.2, 0.25) is 0 Å². The summed E-state index contributed by atoms with van der Waals surface area (Å²) in [5, 5.41) is 11.7. The minimum Gasteiger partial charge on any atom is -0.494 e. The largest absolute Gasteiger partial charge is 0.494 e. The minimum absolute atomic E-state index is 0.287. The van der Waals surface area contributed by atoms with Crippen LogP contribution in [-0.4, -0.2) is 76.9 Å². The predicted octanol–water partition coefficient (Wildman–Crippen LogP) is 2.55. The highest BCUT2D eigenvalue weighted by atomic mass is 19.1. The van der Waals surface area contributed by atoms with Crippen LogP contribution in [0, 0.1) is 5.82 Å². The van der Waals surface area contributed by atoms with E-state index in [0.29, 0.717) is 0 Å². The van der Waals surface area contributed by atoms with Gasteiger partial charge < -0.3 is 19.5 Å². The van der Waals surface area contributed by atoms with Crippen molar-refractivity contribution < 1.29 is 9.13 Å². The summed E-state index contributed by atoms with van der Waals surface area (Å²) in [4.78, 5) is 9.53. The number of methoxy groups -OCH3 is 1. The van der Waals surface area contributed by atoms with Gasteiger partial charge in [0.2, 0.25) is 0 Å². The molecule has 0 atom stereocenters. The van der Waals surface area contributed by atoms with Crippen molar-refractivity contribution in [2.45, 2.75) is 46.2 Å². The van der Waals surface area contributed by atoms with Gasteiger partial charge in [0.15, 0.2) is 17.5 Å². The van der Waals surface area contributed by atoms with Crippen molar-refractivity contribution in [2.24, 2.45) is 4.99 Å². The normalized spacial score (nSPS) is 15.2. The Balaban J connectivity index is 1.52. The maximum Gasteiger partial charge on any atom is 0.194 e. The fourth-order valence-electron chi connectivity index (χ4n) is 3.82. The number of aromatic nitrogens is 3. The summed E-state index contributed by atoms with van der Waals surface area (Å²) in [6, 6.07) is 5.20. The molecule has 0 bridgehead atoms. The Morgan fingerprint density at radius 2 is 2.03 bits per heavy atom. The summed E-state index contributed by atoms with van der Waals surface area (Å²) >= 11 is 0. The zero-order chi connectivity index (χ0) is 22.8. The van der Waals surface area contributed by atoms with E-state index in [9.17, 15) is 4.39 Å². The van der Waals surface area contributed by atoms with Crippen molar-refractivity contribution in [1.29, 1.82) is 0 Å². The minimum atomic E-state index is -0.308. The van der Waals surface area contributed by atoms with Crippen LogP contribution in [0.4, 0.5) is 4.39 Å². The van der Waals surface area contributed by atoms with Gasteiger partial charge >= 0.3 is 0 Å². The molecule has 0 aliphatic carbocycles. The first-order valence-electron chi connectivity index (χ1n) is 11.6. The molecule has 3 rings (SSSR count). The van der Waals surface area contributed by atoms with Gasteiger partial charge in [-0.25, -0.2) is 4.39 Å². The van der Waals surface area contributed by atoms with Gasteiger partial charge in [0.1, 0.15) is 12.2 Å². The van der Waals surface area contributed by atoms with Gasteiger partial charge in [0, 0.05) is 58.8 Å². The highest BCUT2D eigenvalue weighted by molar-refractivity contribution is 5.80. The molecule has 1 fully saturated rings. The van der Waals surface area contributed by atoms with Crippen LogP contribution in [0.5, 0.6) is 5.75 Å².